The van der Waals surface area contributed by atoms with Gasteiger partial charge in [0, 0.05) is 37.9 Å². The first-order valence-electron chi connectivity index (χ1n) is 8.31. The maximum absolute atomic E-state index is 13.1. The Labute approximate surface area is 146 Å². The van der Waals surface area contributed by atoms with Gasteiger partial charge in [-0.2, -0.15) is 0 Å². The second kappa shape index (κ2) is 6.29. The molecule has 4 rings (SSSR count). The van der Waals surface area contributed by atoms with Gasteiger partial charge in [0.05, 0.1) is 42.3 Å². The molecule has 0 fully saturated rings. The molecule has 3 aromatic rings. The van der Waals surface area contributed by atoms with E-state index in [0.29, 0.717) is 18.7 Å². The number of imidazole rings is 1. The molecule has 1 atom stereocenters. The van der Waals surface area contributed by atoms with Gasteiger partial charge in [-0.05, 0) is 12.1 Å². The minimum absolute atomic E-state index is 0.00753. The Morgan fingerprint density at radius 1 is 1.32 bits per heavy atom. The number of ether oxygens (including phenoxy) is 1. The van der Waals surface area contributed by atoms with Crippen molar-refractivity contribution in [3.63, 3.8) is 0 Å². The molecule has 0 saturated carbocycles. The largest absolute Gasteiger partial charge is 0.383 e. The normalized spacial score (nSPS) is 16.9. The van der Waals surface area contributed by atoms with E-state index in [0.717, 1.165) is 23.0 Å². The Morgan fingerprint density at radius 3 is 3.00 bits per heavy atom. The highest BCUT2D eigenvalue weighted by Crippen LogP contribution is 2.25. The molecule has 0 radical (unpaired) electrons. The van der Waals surface area contributed by atoms with Crippen LogP contribution in [0.4, 0.5) is 0 Å². The molecule has 0 aliphatic carbocycles. The topological polar surface area (TPSA) is 60.2 Å². The summed E-state index contributed by atoms with van der Waals surface area (Å²) in [5.74, 6) is -0.0309. The first-order chi connectivity index (χ1) is 12.2. The van der Waals surface area contributed by atoms with Crippen LogP contribution in [0.15, 0.2) is 42.9 Å². The van der Waals surface area contributed by atoms with Crippen molar-refractivity contribution in [1.29, 1.82) is 0 Å². The summed E-state index contributed by atoms with van der Waals surface area (Å²) in [6, 6.07) is 9.71. The molecular formula is C19H20N4O2. The van der Waals surface area contributed by atoms with E-state index in [1.165, 1.54) is 5.69 Å². The lowest BCUT2D eigenvalue weighted by atomic mass is 10.0. The van der Waals surface area contributed by atoms with Crippen molar-refractivity contribution in [2.24, 2.45) is 7.05 Å². The predicted molar refractivity (Wildman–Crippen MR) is 94.2 cm³/mol. The zero-order chi connectivity index (χ0) is 17.4. The van der Waals surface area contributed by atoms with E-state index in [4.69, 9.17) is 4.74 Å². The molecule has 2 aromatic heterocycles. The lowest BCUT2D eigenvalue weighted by Gasteiger charge is -2.35. The Bertz CT molecular complexity index is 934. The minimum Gasteiger partial charge on any atom is -0.383 e. The molecule has 0 N–H and O–H groups in total. The fraction of sp³-hybridized carbons (Fsp3) is 0.316. The van der Waals surface area contributed by atoms with Gasteiger partial charge in [-0.25, -0.2) is 4.98 Å². The average Bonchev–Trinajstić information content (AvgIpc) is 3.00. The van der Waals surface area contributed by atoms with Gasteiger partial charge in [-0.3, -0.25) is 9.78 Å². The highest BCUT2D eigenvalue weighted by atomic mass is 16.5. The zero-order valence-electron chi connectivity index (χ0n) is 14.3. The van der Waals surface area contributed by atoms with Crippen LogP contribution in [0.5, 0.6) is 0 Å². The van der Waals surface area contributed by atoms with Crippen molar-refractivity contribution in [2.75, 3.05) is 13.7 Å². The van der Waals surface area contributed by atoms with Crippen LogP contribution in [0.3, 0.4) is 0 Å². The third kappa shape index (κ3) is 2.78. The third-order valence-electron chi connectivity index (χ3n) is 4.79. The fourth-order valence-electron chi connectivity index (χ4n) is 3.45. The van der Waals surface area contributed by atoms with Gasteiger partial charge >= 0.3 is 0 Å². The molecule has 6 nitrogen and oxygen atoms in total. The van der Waals surface area contributed by atoms with Crippen molar-refractivity contribution in [3.05, 3.63) is 59.8 Å². The van der Waals surface area contributed by atoms with E-state index in [1.807, 2.05) is 46.8 Å². The number of fused-ring (bicyclic) bond motifs is 2. The van der Waals surface area contributed by atoms with Crippen LogP contribution in [-0.4, -0.2) is 45.1 Å². The molecule has 1 aliphatic heterocycles. The van der Waals surface area contributed by atoms with Crippen LogP contribution in [0.1, 0.15) is 21.7 Å². The van der Waals surface area contributed by atoms with E-state index < -0.39 is 0 Å². The van der Waals surface area contributed by atoms with Gasteiger partial charge < -0.3 is 14.2 Å². The number of methoxy groups -OCH3 is 1. The summed E-state index contributed by atoms with van der Waals surface area (Å²) in [6.07, 6.45) is 4.20. The van der Waals surface area contributed by atoms with Crippen LogP contribution < -0.4 is 0 Å². The van der Waals surface area contributed by atoms with Crippen LogP contribution in [0.25, 0.3) is 10.9 Å². The molecule has 0 spiro atoms. The number of amides is 1. The van der Waals surface area contributed by atoms with Crippen LogP contribution in [0, 0.1) is 0 Å². The highest BCUT2D eigenvalue weighted by Gasteiger charge is 2.32. The number of hydrogen-bond acceptors (Lipinski definition) is 4. The van der Waals surface area contributed by atoms with Crippen molar-refractivity contribution in [2.45, 2.75) is 19.0 Å². The van der Waals surface area contributed by atoms with Gasteiger partial charge in [0.1, 0.15) is 0 Å². The maximum Gasteiger partial charge on any atom is 0.256 e. The molecule has 0 bridgehead atoms. The van der Waals surface area contributed by atoms with Crippen LogP contribution in [0.2, 0.25) is 0 Å². The number of rotatable bonds is 3. The van der Waals surface area contributed by atoms with E-state index in [-0.39, 0.29) is 11.9 Å². The summed E-state index contributed by atoms with van der Waals surface area (Å²) in [6.45, 7) is 0.993. The lowest BCUT2D eigenvalue weighted by Crippen LogP contribution is -2.47. The second-order valence-electron chi connectivity index (χ2n) is 6.41. The summed E-state index contributed by atoms with van der Waals surface area (Å²) in [5, 5.41) is 0.965. The zero-order valence-corrected chi connectivity index (χ0v) is 14.3. The summed E-state index contributed by atoms with van der Waals surface area (Å²) >= 11 is 0. The van der Waals surface area contributed by atoms with E-state index in [1.54, 1.807) is 19.6 Å². The number of nitrogens with zero attached hydrogens (tertiary/aromatic N) is 4. The van der Waals surface area contributed by atoms with Gasteiger partial charge in [0.15, 0.2) is 0 Å². The first-order valence-corrected chi connectivity index (χ1v) is 8.31. The smallest absolute Gasteiger partial charge is 0.256 e. The van der Waals surface area contributed by atoms with Crippen molar-refractivity contribution in [3.8, 4) is 0 Å². The van der Waals surface area contributed by atoms with Gasteiger partial charge in [0.2, 0.25) is 0 Å². The number of pyridine rings is 1. The molecule has 0 saturated heterocycles. The number of aromatic nitrogens is 3. The number of benzene rings is 1. The quantitative estimate of drug-likeness (QED) is 0.735. The van der Waals surface area contributed by atoms with Crippen molar-refractivity contribution < 1.29 is 9.53 Å². The number of hydrogen-bond donors (Lipinski definition) is 0. The van der Waals surface area contributed by atoms with Gasteiger partial charge in [-0.1, -0.05) is 18.2 Å². The van der Waals surface area contributed by atoms with E-state index >= 15 is 0 Å². The van der Waals surface area contributed by atoms with Crippen LogP contribution >= 0.6 is 0 Å². The van der Waals surface area contributed by atoms with Crippen LogP contribution in [-0.2, 0) is 24.8 Å². The second-order valence-corrected chi connectivity index (χ2v) is 6.41. The average molecular weight is 336 g/mol. The SMILES string of the molecule is COC[C@@H]1Cc2c(ncn2C)CN1C(=O)c1cnc2ccccc2c1. The lowest BCUT2D eigenvalue weighted by molar-refractivity contribution is 0.0467. The standard InChI is InChI=1S/C19H20N4O2/c1-22-12-21-17-10-23(15(11-25-2)8-18(17)22)19(24)14-7-13-5-3-4-6-16(13)20-9-14/h3-7,9,12,15H,8,10-11H2,1-2H3/t15-/m0/s1. The molecule has 3 heterocycles. The number of carbonyl (C=O) groups is 1. The van der Waals surface area contributed by atoms with Crippen molar-refractivity contribution in [1.82, 2.24) is 19.4 Å². The Morgan fingerprint density at radius 2 is 2.16 bits per heavy atom. The molecule has 25 heavy (non-hydrogen) atoms. The number of carbonyl (C=O) groups excluding carboxylic acids is 1. The monoisotopic (exact) mass is 336 g/mol. The summed E-state index contributed by atoms with van der Waals surface area (Å²) < 4.78 is 7.39. The van der Waals surface area contributed by atoms with Gasteiger partial charge in [0.25, 0.3) is 5.91 Å². The summed E-state index contributed by atoms with van der Waals surface area (Å²) in [7, 11) is 3.65. The summed E-state index contributed by atoms with van der Waals surface area (Å²) in [5.41, 5.74) is 3.61. The fourth-order valence-corrected chi connectivity index (χ4v) is 3.45. The number of aryl methyl sites for hydroxylation is 1. The van der Waals surface area contributed by atoms with E-state index in [2.05, 4.69) is 9.97 Å². The molecule has 6 heteroatoms. The first kappa shape index (κ1) is 15.8. The molecule has 1 amide bonds. The predicted octanol–water partition coefficient (Wildman–Crippen LogP) is 2.18. The van der Waals surface area contributed by atoms with Crippen molar-refractivity contribution >= 4 is 16.8 Å². The number of para-hydroxylation sites is 1. The molecular weight excluding hydrogens is 316 g/mol. The Balaban J connectivity index is 1.68. The van der Waals surface area contributed by atoms with Gasteiger partial charge in [-0.15, -0.1) is 0 Å². The highest BCUT2D eigenvalue weighted by molar-refractivity contribution is 5.97. The molecule has 0 unspecified atom stereocenters. The van der Waals surface area contributed by atoms with E-state index in [9.17, 15) is 4.79 Å². The molecule has 1 aliphatic rings. The summed E-state index contributed by atoms with van der Waals surface area (Å²) in [4.78, 5) is 23.9. The Kier molecular flexibility index (Phi) is 3.97. The molecule has 1 aromatic carbocycles. The maximum atomic E-state index is 13.1. The Hall–Kier alpha value is -2.73. The molecule has 128 valence electrons. The minimum atomic E-state index is -0.0309. The third-order valence-corrected chi connectivity index (χ3v) is 4.79.